The summed E-state index contributed by atoms with van der Waals surface area (Å²) >= 11 is 0. The fourth-order valence-electron chi connectivity index (χ4n) is 2.32. The van der Waals surface area contributed by atoms with Crippen molar-refractivity contribution >= 4 is 11.9 Å². The van der Waals surface area contributed by atoms with Gasteiger partial charge in [-0.1, -0.05) is 48.4 Å². The molecule has 4 heteroatoms. The Morgan fingerprint density at radius 3 is 2.00 bits per heavy atom. The fraction of sp³-hybridized carbons (Fsp3) is 0.412. The van der Waals surface area contributed by atoms with Gasteiger partial charge in [-0.25, -0.2) is 0 Å². The van der Waals surface area contributed by atoms with Gasteiger partial charge in [0.25, 0.3) is 0 Å². The Kier molecular flexibility index (Phi) is 5.30. The molecule has 0 aliphatic carbocycles. The molecule has 0 saturated carbocycles. The summed E-state index contributed by atoms with van der Waals surface area (Å²) in [5.74, 6) is -3.25. The minimum absolute atomic E-state index is 0.0327. The van der Waals surface area contributed by atoms with Crippen LogP contribution in [0.4, 0.5) is 0 Å². The second-order valence-corrected chi connectivity index (χ2v) is 5.70. The Balaban J connectivity index is 3.34. The molecular formula is C17H22O4. The summed E-state index contributed by atoms with van der Waals surface area (Å²) < 4.78 is 0. The molecule has 0 aliphatic heterocycles. The lowest BCUT2D eigenvalue weighted by atomic mass is 9.70. The third-order valence-electron chi connectivity index (χ3n) is 3.91. The first-order chi connectivity index (χ1) is 9.71. The highest BCUT2D eigenvalue weighted by molar-refractivity contribution is 5.99. The summed E-state index contributed by atoms with van der Waals surface area (Å²) in [4.78, 5) is 23.5. The van der Waals surface area contributed by atoms with E-state index in [0.717, 1.165) is 11.1 Å². The highest BCUT2D eigenvalue weighted by Gasteiger charge is 2.50. The van der Waals surface area contributed by atoms with Gasteiger partial charge in [0.1, 0.15) is 0 Å². The van der Waals surface area contributed by atoms with Crippen molar-refractivity contribution in [2.75, 3.05) is 0 Å². The summed E-state index contributed by atoms with van der Waals surface area (Å²) in [5.41, 5.74) is 0.809. The number of hydrogen-bond acceptors (Lipinski definition) is 2. The Labute approximate surface area is 125 Å². The van der Waals surface area contributed by atoms with Crippen LogP contribution in [-0.2, 0) is 9.59 Å². The molecule has 0 aromatic heterocycles. The summed E-state index contributed by atoms with van der Waals surface area (Å²) in [6, 6.07) is 7.31. The summed E-state index contributed by atoms with van der Waals surface area (Å²) in [6.07, 6.45) is 1.64. The normalized spacial score (nSPS) is 12.6. The Bertz CT molecular complexity index is 537. The molecule has 0 fully saturated rings. The first-order valence-electron chi connectivity index (χ1n) is 6.88. The summed E-state index contributed by atoms with van der Waals surface area (Å²) in [7, 11) is 0. The van der Waals surface area contributed by atoms with E-state index in [1.807, 2.05) is 32.9 Å². The Morgan fingerprint density at radius 1 is 1.14 bits per heavy atom. The highest BCUT2D eigenvalue weighted by atomic mass is 16.4. The van der Waals surface area contributed by atoms with Crippen molar-refractivity contribution in [1.82, 2.24) is 0 Å². The number of carbonyl (C=O) groups is 2. The molecule has 1 rings (SSSR count). The van der Waals surface area contributed by atoms with Gasteiger partial charge in [-0.05, 0) is 32.8 Å². The minimum atomic E-state index is -1.85. The van der Waals surface area contributed by atoms with Gasteiger partial charge in [-0.15, -0.1) is 0 Å². The first-order valence-corrected chi connectivity index (χ1v) is 6.88. The van der Waals surface area contributed by atoms with E-state index in [4.69, 9.17) is 0 Å². The van der Waals surface area contributed by atoms with Crippen LogP contribution in [0, 0.1) is 12.3 Å². The van der Waals surface area contributed by atoms with Crippen molar-refractivity contribution in [2.45, 2.75) is 40.0 Å². The molecule has 2 N–H and O–H groups in total. The van der Waals surface area contributed by atoms with Gasteiger partial charge in [0.15, 0.2) is 5.41 Å². The van der Waals surface area contributed by atoms with E-state index in [1.54, 1.807) is 25.1 Å². The molecule has 0 spiro atoms. The molecule has 0 aliphatic rings. The maximum Gasteiger partial charge on any atom is 0.321 e. The van der Waals surface area contributed by atoms with Crippen LogP contribution in [-0.4, -0.2) is 22.2 Å². The Hall–Kier alpha value is -2.10. The lowest BCUT2D eigenvalue weighted by molar-refractivity contribution is -0.166. The number of rotatable bonds is 6. The highest BCUT2D eigenvalue weighted by Crippen LogP contribution is 2.40. The number of allylic oxidation sites excluding steroid dienone is 2. The monoisotopic (exact) mass is 290 g/mol. The van der Waals surface area contributed by atoms with Gasteiger partial charge in [0.2, 0.25) is 0 Å². The quantitative estimate of drug-likeness (QED) is 0.620. The largest absolute Gasteiger partial charge is 0.480 e. The zero-order valence-electron chi connectivity index (χ0n) is 12.9. The molecule has 0 bridgehead atoms. The summed E-state index contributed by atoms with van der Waals surface area (Å²) in [5, 5.41) is 19.2. The van der Waals surface area contributed by atoms with Gasteiger partial charge in [0, 0.05) is 5.92 Å². The molecule has 21 heavy (non-hydrogen) atoms. The molecule has 0 saturated heterocycles. The van der Waals surface area contributed by atoms with Gasteiger partial charge < -0.3 is 10.2 Å². The van der Waals surface area contributed by atoms with Crippen LogP contribution in [0.25, 0.3) is 0 Å². The number of carboxylic acid groups (broad SMARTS) is 2. The second kappa shape index (κ2) is 6.57. The van der Waals surface area contributed by atoms with Crippen LogP contribution in [0.3, 0.4) is 0 Å². The van der Waals surface area contributed by atoms with Gasteiger partial charge >= 0.3 is 11.9 Å². The molecule has 4 nitrogen and oxygen atoms in total. The average Bonchev–Trinajstić information content (AvgIpc) is 2.38. The third-order valence-corrected chi connectivity index (χ3v) is 3.91. The smallest absolute Gasteiger partial charge is 0.321 e. The van der Waals surface area contributed by atoms with E-state index < -0.39 is 23.3 Å². The van der Waals surface area contributed by atoms with Crippen molar-refractivity contribution in [2.24, 2.45) is 5.41 Å². The third kappa shape index (κ3) is 3.51. The summed E-state index contributed by atoms with van der Waals surface area (Å²) in [6.45, 7) is 7.24. The fourth-order valence-corrected chi connectivity index (χ4v) is 2.32. The number of aryl methyl sites for hydroxylation is 1. The maximum atomic E-state index is 11.7. The maximum absolute atomic E-state index is 11.7. The van der Waals surface area contributed by atoms with Crippen LogP contribution in [0.2, 0.25) is 0 Å². The molecule has 0 amide bonds. The predicted molar refractivity (Wildman–Crippen MR) is 81.3 cm³/mol. The van der Waals surface area contributed by atoms with Crippen LogP contribution in [0.1, 0.15) is 44.2 Å². The molecule has 114 valence electrons. The lowest BCUT2D eigenvalue weighted by Gasteiger charge is -2.30. The van der Waals surface area contributed by atoms with Crippen LogP contribution in [0.15, 0.2) is 35.9 Å². The average molecular weight is 290 g/mol. The van der Waals surface area contributed by atoms with Crippen LogP contribution >= 0.6 is 0 Å². The van der Waals surface area contributed by atoms with Crippen molar-refractivity contribution in [3.63, 3.8) is 0 Å². The second-order valence-electron chi connectivity index (χ2n) is 5.70. The predicted octanol–water partition coefficient (Wildman–Crippen LogP) is 3.61. The van der Waals surface area contributed by atoms with E-state index in [2.05, 4.69) is 0 Å². The molecule has 1 aromatic rings. The van der Waals surface area contributed by atoms with E-state index in [0.29, 0.717) is 5.56 Å². The van der Waals surface area contributed by atoms with Gasteiger partial charge in [-0.2, -0.15) is 0 Å². The lowest BCUT2D eigenvalue weighted by Crippen LogP contribution is -2.43. The van der Waals surface area contributed by atoms with Gasteiger partial charge in [0.05, 0.1) is 0 Å². The first kappa shape index (κ1) is 17.0. The van der Waals surface area contributed by atoms with E-state index in [-0.39, 0.29) is 6.42 Å². The van der Waals surface area contributed by atoms with Crippen molar-refractivity contribution in [1.29, 1.82) is 0 Å². The standard InChI is InChI=1S/C17H22O4/c1-11(2)9-10-17(15(18)19,16(20)21)13(4)14-7-5-12(3)6-8-14/h5-9,13H,10H2,1-4H3,(H,18,19)(H,20,21). The molecule has 1 atom stereocenters. The van der Waals surface area contributed by atoms with Crippen molar-refractivity contribution in [3.05, 3.63) is 47.0 Å². The van der Waals surface area contributed by atoms with Crippen molar-refractivity contribution in [3.8, 4) is 0 Å². The molecule has 0 radical (unpaired) electrons. The van der Waals surface area contributed by atoms with E-state index >= 15 is 0 Å². The minimum Gasteiger partial charge on any atom is -0.480 e. The van der Waals surface area contributed by atoms with Gasteiger partial charge in [-0.3, -0.25) is 9.59 Å². The zero-order chi connectivity index (χ0) is 16.2. The number of aliphatic carboxylic acids is 2. The number of benzene rings is 1. The molecular weight excluding hydrogens is 268 g/mol. The van der Waals surface area contributed by atoms with E-state index in [1.165, 1.54) is 0 Å². The topological polar surface area (TPSA) is 74.6 Å². The van der Waals surface area contributed by atoms with Crippen molar-refractivity contribution < 1.29 is 19.8 Å². The van der Waals surface area contributed by atoms with Crippen LogP contribution < -0.4 is 0 Å². The molecule has 1 unspecified atom stereocenters. The number of hydrogen-bond donors (Lipinski definition) is 2. The zero-order valence-corrected chi connectivity index (χ0v) is 12.9. The molecule has 0 heterocycles. The Morgan fingerprint density at radius 2 is 1.62 bits per heavy atom. The molecule has 1 aromatic carbocycles. The van der Waals surface area contributed by atoms with Crippen LogP contribution in [0.5, 0.6) is 0 Å². The SMILES string of the molecule is CC(C)=CCC(C(=O)O)(C(=O)O)C(C)c1ccc(C)cc1. The van der Waals surface area contributed by atoms with E-state index in [9.17, 15) is 19.8 Å². The number of carboxylic acids is 2.